The number of esters is 4. The van der Waals surface area contributed by atoms with E-state index in [4.69, 9.17) is 23.7 Å². The first kappa shape index (κ1) is 31.8. The minimum Gasteiger partial charge on any atom is -0.462 e. The summed E-state index contributed by atoms with van der Waals surface area (Å²) in [4.78, 5) is 50.7. The van der Waals surface area contributed by atoms with Gasteiger partial charge in [0.05, 0.1) is 21.7 Å². The molecule has 0 N–H and O–H groups in total. The van der Waals surface area contributed by atoms with Gasteiger partial charge in [-0.1, -0.05) is 0 Å². The zero-order valence-corrected chi connectivity index (χ0v) is 23.6. The van der Waals surface area contributed by atoms with Crippen molar-refractivity contribution in [2.24, 2.45) is 21.7 Å². The van der Waals surface area contributed by atoms with Crippen molar-refractivity contribution < 1.29 is 47.3 Å². The van der Waals surface area contributed by atoms with Crippen LogP contribution in [-0.2, 0) is 42.9 Å². The molecule has 1 aliphatic rings. The van der Waals surface area contributed by atoms with E-state index in [-0.39, 0.29) is 0 Å². The summed E-state index contributed by atoms with van der Waals surface area (Å²) >= 11 is 0. The molecule has 1 rings (SSSR count). The van der Waals surface area contributed by atoms with Crippen LogP contribution in [0.2, 0.25) is 0 Å². The van der Waals surface area contributed by atoms with E-state index in [1.54, 1.807) is 83.1 Å². The molecule has 0 aromatic heterocycles. The van der Waals surface area contributed by atoms with Crippen molar-refractivity contribution in [3.8, 4) is 0 Å². The Kier molecular flexibility index (Phi) is 9.74. The Balaban J connectivity index is 3.50. The predicted octanol–water partition coefficient (Wildman–Crippen LogP) is 4.14. The van der Waals surface area contributed by atoms with E-state index >= 15 is 4.39 Å². The van der Waals surface area contributed by atoms with Crippen LogP contribution in [0, 0.1) is 21.7 Å². The third kappa shape index (κ3) is 8.71. The van der Waals surface area contributed by atoms with Gasteiger partial charge in [0.1, 0.15) is 12.7 Å². The molecular formula is C26H43FO9. The molecule has 0 bridgehead atoms. The Hall–Kier alpha value is -2.23. The van der Waals surface area contributed by atoms with E-state index < -0.39 is 82.9 Å². The average Bonchev–Trinajstić information content (AvgIpc) is 2.67. The lowest BCUT2D eigenvalue weighted by atomic mass is 9.93. The molecule has 1 aliphatic heterocycles. The molecule has 208 valence electrons. The van der Waals surface area contributed by atoms with Gasteiger partial charge in [-0.3, -0.25) is 19.2 Å². The van der Waals surface area contributed by atoms with E-state index in [0.717, 1.165) is 0 Å². The van der Waals surface area contributed by atoms with Gasteiger partial charge in [0, 0.05) is 0 Å². The molecule has 10 heteroatoms. The number of rotatable bonds is 5. The molecule has 0 aromatic carbocycles. The van der Waals surface area contributed by atoms with Crippen molar-refractivity contribution in [3.63, 3.8) is 0 Å². The first-order chi connectivity index (χ1) is 16.0. The Morgan fingerprint density at radius 2 is 0.917 bits per heavy atom. The third-order valence-corrected chi connectivity index (χ3v) is 5.13. The van der Waals surface area contributed by atoms with Gasteiger partial charge >= 0.3 is 23.9 Å². The fourth-order valence-electron chi connectivity index (χ4n) is 2.68. The molecule has 0 aliphatic carbocycles. The fraction of sp³-hybridized carbons (Fsp3) is 0.846. The summed E-state index contributed by atoms with van der Waals surface area (Å²) in [7, 11) is 0. The lowest BCUT2D eigenvalue weighted by Crippen LogP contribution is -2.62. The van der Waals surface area contributed by atoms with Gasteiger partial charge in [-0.15, -0.1) is 0 Å². The second-order valence-electron chi connectivity index (χ2n) is 13.2. The van der Waals surface area contributed by atoms with Crippen LogP contribution >= 0.6 is 0 Å². The molecule has 36 heavy (non-hydrogen) atoms. The van der Waals surface area contributed by atoms with Crippen molar-refractivity contribution in [2.45, 2.75) is 114 Å². The first-order valence-electron chi connectivity index (χ1n) is 12.1. The van der Waals surface area contributed by atoms with Gasteiger partial charge < -0.3 is 23.7 Å². The Bertz CT molecular complexity index is 824. The SMILES string of the molecule is CC(C)(C)C(=O)OC[C@H]1OC(F)[C@@H](OC(=O)C(C)(C)C)[C@@H](OC(=O)C(C)(C)C)[C@@H]1OC(=O)C(C)(C)C. The Morgan fingerprint density at radius 3 is 1.28 bits per heavy atom. The largest absolute Gasteiger partial charge is 0.462 e. The van der Waals surface area contributed by atoms with Crippen LogP contribution in [0.4, 0.5) is 4.39 Å². The number of carbonyl (C=O) groups is 4. The van der Waals surface area contributed by atoms with E-state index in [1.165, 1.54) is 0 Å². The number of halogens is 1. The molecule has 9 nitrogen and oxygen atoms in total. The quantitative estimate of drug-likeness (QED) is 0.391. The smallest absolute Gasteiger partial charge is 0.311 e. The van der Waals surface area contributed by atoms with Crippen LogP contribution in [0.3, 0.4) is 0 Å². The summed E-state index contributed by atoms with van der Waals surface area (Å²) in [5, 5.41) is 0. The number of hydrogen-bond acceptors (Lipinski definition) is 9. The minimum absolute atomic E-state index is 0.484. The van der Waals surface area contributed by atoms with E-state index in [2.05, 4.69) is 0 Å². The molecule has 0 radical (unpaired) electrons. The van der Waals surface area contributed by atoms with Crippen LogP contribution in [0.5, 0.6) is 0 Å². The topological polar surface area (TPSA) is 114 Å². The van der Waals surface area contributed by atoms with Gasteiger partial charge in [-0.2, -0.15) is 0 Å². The molecule has 1 fully saturated rings. The van der Waals surface area contributed by atoms with Gasteiger partial charge in [-0.05, 0) is 83.1 Å². The zero-order valence-electron chi connectivity index (χ0n) is 23.6. The van der Waals surface area contributed by atoms with Crippen LogP contribution in [0.25, 0.3) is 0 Å². The summed E-state index contributed by atoms with van der Waals surface area (Å²) in [5.74, 6) is -2.79. The number of ether oxygens (including phenoxy) is 5. The van der Waals surface area contributed by atoms with Crippen molar-refractivity contribution in [1.29, 1.82) is 0 Å². The second-order valence-corrected chi connectivity index (χ2v) is 13.2. The summed E-state index contributed by atoms with van der Waals surface area (Å²) in [5.41, 5.74) is -3.84. The zero-order chi connectivity index (χ0) is 28.4. The minimum atomic E-state index is -2.25. The normalized spacial score (nSPS) is 25.5. The van der Waals surface area contributed by atoms with Crippen molar-refractivity contribution in [3.05, 3.63) is 0 Å². The van der Waals surface area contributed by atoms with Crippen molar-refractivity contribution >= 4 is 23.9 Å². The molecule has 5 atom stereocenters. The summed E-state index contributed by atoms with van der Waals surface area (Å²) in [6.45, 7) is 18.8. The highest BCUT2D eigenvalue weighted by Crippen LogP contribution is 2.34. The average molecular weight is 519 g/mol. The first-order valence-corrected chi connectivity index (χ1v) is 12.1. The van der Waals surface area contributed by atoms with Crippen molar-refractivity contribution in [1.82, 2.24) is 0 Å². The Morgan fingerprint density at radius 1 is 0.583 bits per heavy atom. The van der Waals surface area contributed by atoms with E-state index in [9.17, 15) is 19.2 Å². The number of alkyl halides is 1. The van der Waals surface area contributed by atoms with Crippen LogP contribution in [0.15, 0.2) is 0 Å². The molecule has 0 spiro atoms. The monoisotopic (exact) mass is 518 g/mol. The van der Waals surface area contributed by atoms with Crippen LogP contribution in [-0.4, -0.2) is 61.3 Å². The summed E-state index contributed by atoms with van der Waals surface area (Å²) < 4.78 is 42.8. The summed E-state index contributed by atoms with van der Waals surface area (Å²) in [6, 6.07) is 0. The fourth-order valence-corrected chi connectivity index (χ4v) is 2.68. The van der Waals surface area contributed by atoms with Gasteiger partial charge in [0.2, 0.25) is 6.36 Å². The highest BCUT2D eigenvalue weighted by Gasteiger charge is 2.55. The molecular weight excluding hydrogens is 475 g/mol. The molecule has 1 unspecified atom stereocenters. The molecule has 0 amide bonds. The van der Waals surface area contributed by atoms with Gasteiger partial charge in [0.25, 0.3) is 0 Å². The number of carbonyl (C=O) groups excluding carboxylic acids is 4. The maximum atomic E-state index is 15.4. The van der Waals surface area contributed by atoms with Crippen LogP contribution < -0.4 is 0 Å². The maximum absolute atomic E-state index is 15.4. The number of hydrogen-bond donors (Lipinski definition) is 0. The predicted molar refractivity (Wildman–Crippen MR) is 128 cm³/mol. The van der Waals surface area contributed by atoms with E-state index in [0.29, 0.717) is 0 Å². The molecule has 0 aromatic rings. The highest BCUT2D eigenvalue weighted by atomic mass is 19.1. The summed E-state index contributed by atoms with van der Waals surface area (Å²) in [6.07, 6.45) is -8.30. The lowest BCUT2D eigenvalue weighted by Gasteiger charge is -2.43. The van der Waals surface area contributed by atoms with Crippen molar-refractivity contribution in [2.75, 3.05) is 6.61 Å². The second kappa shape index (κ2) is 11.0. The molecule has 0 saturated carbocycles. The van der Waals surface area contributed by atoms with Crippen LogP contribution in [0.1, 0.15) is 83.1 Å². The standard InChI is InChI=1S/C26H43FO9/c1-23(2,3)19(28)32-13-14-15(34-20(29)24(4,5)6)16(35-21(30)25(7,8)9)17(18(27)33-14)36-22(31)26(10,11)12/h14-18H,13H2,1-12H3/t14-,15-,16+,17+,18?/m1/s1. The Labute approximate surface area is 213 Å². The molecule has 1 saturated heterocycles. The lowest BCUT2D eigenvalue weighted by molar-refractivity contribution is -0.283. The third-order valence-electron chi connectivity index (χ3n) is 5.13. The van der Waals surface area contributed by atoms with Gasteiger partial charge in [-0.25, -0.2) is 4.39 Å². The van der Waals surface area contributed by atoms with Gasteiger partial charge in [0.15, 0.2) is 18.3 Å². The molecule has 1 heterocycles. The van der Waals surface area contributed by atoms with E-state index in [1.807, 2.05) is 0 Å². The highest BCUT2D eigenvalue weighted by molar-refractivity contribution is 5.78. The maximum Gasteiger partial charge on any atom is 0.311 e.